The largest absolute Gasteiger partial charge is 0.472 e. The SMILES string of the molecule is COP(=O)(O)OC[C@H]1OCC[C@H]1OP(=O)(O)OCCCCCCNC(C)=O. The lowest BCUT2D eigenvalue weighted by molar-refractivity contribution is -0.118. The Morgan fingerprint density at radius 1 is 1.15 bits per heavy atom. The van der Waals surface area contributed by atoms with E-state index in [0.29, 0.717) is 19.4 Å². The fourth-order valence-corrected chi connectivity index (χ4v) is 3.80. The van der Waals surface area contributed by atoms with Gasteiger partial charge in [-0.1, -0.05) is 12.8 Å². The van der Waals surface area contributed by atoms with Crippen molar-refractivity contribution < 1.29 is 46.5 Å². The van der Waals surface area contributed by atoms with Crippen LogP contribution < -0.4 is 5.32 Å². The van der Waals surface area contributed by atoms with Crippen LogP contribution in [0.5, 0.6) is 0 Å². The third-order valence-electron chi connectivity index (χ3n) is 3.75. The number of phosphoric acid groups is 2. The van der Waals surface area contributed by atoms with E-state index in [4.69, 9.17) is 18.3 Å². The van der Waals surface area contributed by atoms with Crippen LogP contribution in [-0.4, -0.2) is 61.4 Å². The van der Waals surface area contributed by atoms with Gasteiger partial charge in [0.1, 0.15) is 12.2 Å². The van der Waals surface area contributed by atoms with Gasteiger partial charge in [-0.15, -0.1) is 0 Å². The standard InChI is InChI=1S/C14H29NO10P2/c1-12(16)15-8-5-3-4-6-9-23-27(19,20)25-13-7-10-22-14(13)11-24-26(17,18)21-2/h13-14H,3-11H2,1-2H3,(H,15,16)(H,17,18)(H,19,20)/t13-,14-/m1/s1. The lowest BCUT2D eigenvalue weighted by atomic mass is 10.2. The molecule has 1 saturated heterocycles. The number of rotatable bonds is 14. The highest BCUT2D eigenvalue weighted by Gasteiger charge is 2.37. The Hall–Kier alpha value is -0.350. The monoisotopic (exact) mass is 433 g/mol. The van der Waals surface area contributed by atoms with Crippen LogP contribution in [0, 0.1) is 0 Å². The lowest BCUT2D eigenvalue weighted by Crippen LogP contribution is -2.28. The lowest BCUT2D eigenvalue weighted by Gasteiger charge is -2.22. The summed E-state index contributed by atoms with van der Waals surface area (Å²) in [7, 11) is -7.42. The van der Waals surface area contributed by atoms with Crippen LogP contribution in [0.3, 0.4) is 0 Å². The molecule has 0 aromatic heterocycles. The number of ether oxygens (including phenoxy) is 1. The Kier molecular flexibility index (Phi) is 11.2. The van der Waals surface area contributed by atoms with Gasteiger partial charge in [-0.25, -0.2) is 9.13 Å². The minimum atomic E-state index is -4.28. The molecule has 0 spiro atoms. The summed E-state index contributed by atoms with van der Waals surface area (Å²) in [6, 6.07) is 0. The van der Waals surface area contributed by atoms with E-state index in [2.05, 4.69) is 9.84 Å². The molecule has 1 aliphatic heterocycles. The maximum absolute atomic E-state index is 12.0. The number of hydrogen-bond acceptors (Lipinski definition) is 8. The molecule has 27 heavy (non-hydrogen) atoms. The second kappa shape index (κ2) is 12.3. The molecule has 0 radical (unpaired) electrons. The molecule has 13 heteroatoms. The predicted molar refractivity (Wildman–Crippen MR) is 94.9 cm³/mol. The van der Waals surface area contributed by atoms with Gasteiger partial charge in [0.05, 0.1) is 13.2 Å². The Bertz CT molecular complexity index is 546. The Morgan fingerprint density at radius 3 is 2.52 bits per heavy atom. The first-order valence-electron chi connectivity index (χ1n) is 8.70. The number of carbonyl (C=O) groups excluding carboxylic acids is 1. The highest BCUT2D eigenvalue weighted by Crippen LogP contribution is 2.48. The quantitative estimate of drug-likeness (QED) is 0.273. The summed E-state index contributed by atoms with van der Waals surface area (Å²) in [4.78, 5) is 29.7. The number of phosphoric ester groups is 2. The van der Waals surface area contributed by atoms with E-state index in [0.717, 1.165) is 26.4 Å². The maximum Gasteiger partial charge on any atom is 0.472 e. The Balaban J connectivity index is 2.23. The van der Waals surface area contributed by atoms with Crippen molar-refractivity contribution in [3.63, 3.8) is 0 Å². The molecule has 1 fully saturated rings. The molecule has 0 aliphatic carbocycles. The molecule has 0 saturated carbocycles. The summed E-state index contributed by atoms with van der Waals surface area (Å²) < 4.78 is 47.7. The van der Waals surface area contributed by atoms with E-state index in [1.807, 2.05) is 0 Å². The molecular formula is C14H29NO10P2. The predicted octanol–water partition coefficient (Wildman–Crippen LogP) is 1.74. The van der Waals surface area contributed by atoms with Crippen LogP contribution in [0.2, 0.25) is 0 Å². The molecule has 3 N–H and O–H groups in total. The van der Waals surface area contributed by atoms with Crippen molar-refractivity contribution in [3.05, 3.63) is 0 Å². The molecule has 0 bridgehead atoms. The van der Waals surface area contributed by atoms with Crippen molar-refractivity contribution in [1.82, 2.24) is 5.32 Å². The van der Waals surface area contributed by atoms with Gasteiger partial charge in [0.15, 0.2) is 0 Å². The average molecular weight is 433 g/mol. The first-order valence-corrected chi connectivity index (χ1v) is 11.7. The zero-order valence-corrected chi connectivity index (χ0v) is 17.4. The van der Waals surface area contributed by atoms with E-state index < -0.39 is 27.9 Å². The summed E-state index contributed by atoms with van der Waals surface area (Å²) in [5.41, 5.74) is 0. The molecule has 2 unspecified atom stereocenters. The summed E-state index contributed by atoms with van der Waals surface area (Å²) in [5, 5.41) is 2.69. The first-order chi connectivity index (χ1) is 12.7. The number of carbonyl (C=O) groups is 1. The van der Waals surface area contributed by atoms with Gasteiger partial charge in [0.2, 0.25) is 5.91 Å². The minimum absolute atomic E-state index is 0.0537. The van der Waals surface area contributed by atoms with E-state index in [1.165, 1.54) is 6.92 Å². The fourth-order valence-electron chi connectivity index (χ4n) is 2.35. The summed E-state index contributed by atoms with van der Waals surface area (Å²) in [6.07, 6.45) is 1.79. The number of hydrogen-bond donors (Lipinski definition) is 3. The zero-order valence-electron chi connectivity index (χ0n) is 15.6. The summed E-state index contributed by atoms with van der Waals surface area (Å²) >= 11 is 0. The molecule has 1 rings (SSSR count). The van der Waals surface area contributed by atoms with Crippen molar-refractivity contribution in [3.8, 4) is 0 Å². The summed E-state index contributed by atoms with van der Waals surface area (Å²) in [5.74, 6) is -0.0691. The molecular weight excluding hydrogens is 404 g/mol. The van der Waals surface area contributed by atoms with Crippen LogP contribution in [0.25, 0.3) is 0 Å². The smallest absolute Gasteiger partial charge is 0.373 e. The molecule has 0 aromatic carbocycles. The van der Waals surface area contributed by atoms with Gasteiger partial charge in [0.25, 0.3) is 0 Å². The summed E-state index contributed by atoms with van der Waals surface area (Å²) in [6.45, 7) is 2.06. The number of amides is 1. The van der Waals surface area contributed by atoms with Crippen molar-refractivity contribution in [2.24, 2.45) is 0 Å². The van der Waals surface area contributed by atoms with Gasteiger partial charge in [0, 0.05) is 33.6 Å². The van der Waals surface area contributed by atoms with E-state index in [1.54, 1.807) is 0 Å². The maximum atomic E-state index is 12.0. The third kappa shape index (κ3) is 11.3. The normalized spacial score (nSPS) is 24.3. The van der Waals surface area contributed by atoms with Crippen molar-refractivity contribution >= 4 is 21.6 Å². The highest BCUT2D eigenvalue weighted by atomic mass is 31.2. The zero-order chi connectivity index (χ0) is 20.3. The van der Waals surface area contributed by atoms with Crippen molar-refractivity contribution in [2.75, 3.05) is 33.5 Å². The van der Waals surface area contributed by atoms with Crippen molar-refractivity contribution in [1.29, 1.82) is 0 Å². The van der Waals surface area contributed by atoms with E-state index >= 15 is 0 Å². The van der Waals surface area contributed by atoms with Crippen LogP contribution in [0.4, 0.5) is 0 Å². The molecule has 1 aliphatic rings. The molecule has 160 valence electrons. The van der Waals surface area contributed by atoms with Crippen molar-refractivity contribution in [2.45, 2.75) is 51.2 Å². The van der Waals surface area contributed by atoms with Gasteiger partial charge >= 0.3 is 15.6 Å². The van der Waals surface area contributed by atoms with E-state index in [9.17, 15) is 23.7 Å². The first kappa shape index (κ1) is 24.7. The van der Waals surface area contributed by atoms with Gasteiger partial charge in [-0.2, -0.15) is 0 Å². The third-order valence-corrected chi connectivity index (χ3v) is 5.73. The van der Waals surface area contributed by atoms with Gasteiger partial charge in [-0.05, 0) is 12.8 Å². The van der Waals surface area contributed by atoms with E-state index in [-0.39, 0.29) is 25.7 Å². The van der Waals surface area contributed by atoms with Crippen LogP contribution in [0.1, 0.15) is 39.0 Å². The second-order valence-corrected chi connectivity index (χ2v) is 8.95. The average Bonchev–Trinajstić information content (AvgIpc) is 3.01. The number of unbranched alkanes of at least 4 members (excludes halogenated alkanes) is 3. The minimum Gasteiger partial charge on any atom is -0.373 e. The fraction of sp³-hybridized carbons (Fsp3) is 0.929. The molecule has 1 heterocycles. The van der Waals surface area contributed by atoms with Crippen LogP contribution in [0.15, 0.2) is 0 Å². The molecule has 11 nitrogen and oxygen atoms in total. The highest BCUT2D eigenvalue weighted by molar-refractivity contribution is 7.47. The topological polar surface area (TPSA) is 150 Å². The molecule has 1 amide bonds. The molecule has 4 atom stereocenters. The Labute approximate surface area is 158 Å². The van der Waals surface area contributed by atoms with Gasteiger partial charge < -0.3 is 19.8 Å². The van der Waals surface area contributed by atoms with Crippen LogP contribution in [-0.2, 0) is 36.8 Å². The molecule has 0 aromatic rings. The van der Waals surface area contributed by atoms with Gasteiger partial charge in [-0.3, -0.25) is 22.9 Å². The van der Waals surface area contributed by atoms with Crippen LogP contribution >= 0.6 is 15.6 Å². The second-order valence-electron chi connectivity index (χ2n) is 5.99. The Morgan fingerprint density at radius 2 is 1.85 bits per heavy atom. The number of nitrogens with one attached hydrogen (secondary N) is 1.